The topological polar surface area (TPSA) is 83.2 Å². The van der Waals surface area contributed by atoms with Gasteiger partial charge in [0.25, 0.3) is 5.91 Å². The van der Waals surface area contributed by atoms with Gasteiger partial charge in [-0.2, -0.15) is 0 Å². The van der Waals surface area contributed by atoms with E-state index in [1.807, 2.05) is 0 Å². The molecule has 0 radical (unpaired) electrons. The number of carbonyl (C=O) groups is 2. The van der Waals surface area contributed by atoms with Crippen LogP contribution in [0.2, 0.25) is 0 Å². The molecule has 0 aromatic carbocycles. The van der Waals surface area contributed by atoms with Gasteiger partial charge in [0.1, 0.15) is 5.56 Å². The summed E-state index contributed by atoms with van der Waals surface area (Å²) in [5, 5.41) is 11.6. The molecule has 0 bridgehead atoms. The Morgan fingerprint density at radius 3 is 2.75 bits per heavy atom. The number of hydrogen-bond acceptors (Lipinski definition) is 3. The van der Waals surface area contributed by atoms with Crippen LogP contribution in [0.3, 0.4) is 0 Å². The average Bonchev–Trinajstić information content (AvgIpc) is 2.48. The van der Waals surface area contributed by atoms with E-state index in [1.54, 1.807) is 35.2 Å². The molecule has 0 atom stereocenters. The van der Waals surface area contributed by atoms with Crippen LogP contribution in [0, 0.1) is 0 Å². The molecule has 102 valence electrons. The maximum absolute atomic E-state index is 11.8. The second-order valence-corrected chi connectivity index (χ2v) is 4.13. The molecule has 2 aromatic heterocycles. The first kappa shape index (κ1) is 13.7. The Morgan fingerprint density at radius 1 is 1.25 bits per heavy atom. The minimum absolute atomic E-state index is 0.201. The summed E-state index contributed by atoms with van der Waals surface area (Å²) in [7, 11) is 0. The molecule has 6 nitrogen and oxygen atoms in total. The van der Waals surface area contributed by atoms with Gasteiger partial charge in [0.2, 0.25) is 0 Å². The van der Waals surface area contributed by atoms with Crippen LogP contribution in [0.15, 0.2) is 49.1 Å². The van der Waals surface area contributed by atoms with Crippen LogP contribution in [0.5, 0.6) is 0 Å². The Labute approximate surface area is 115 Å². The van der Waals surface area contributed by atoms with E-state index in [0.717, 1.165) is 0 Å². The van der Waals surface area contributed by atoms with Crippen LogP contribution < -0.4 is 9.88 Å². The number of carboxylic acid groups (broad SMARTS) is 1. The van der Waals surface area contributed by atoms with Crippen LogP contribution in [-0.2, 0) is 6.54 Å². The Kier molecular flexibility index (Phi) is 4.39. The number of pyridine rings is 2. The second kappa shape index (κ2) is 6.42. The fourth-order valence-corrected chi connectivity index (χ4v) is 1.69. The first-order chi connectivity index (χ1) is 9.66. The van der Waals surface area contributed by atoms with Crippen LogP contribution in [0.4, 0.5) is 0 Å². The molecule has 2 aromatic rings. The molecular formula is C14H14N3O3+. The van der Waals surface area contributed by atoms with Crippen molar-refractivity contribution >= 4 is 11.9 Å². The van der Waals surface area contributed by atoms with E-state index in [1.165, 1.54) is 18.5 Å². The molecule has 0 unspecified atom stereocenters. The van der Waals surface area contributed by atoms with Crippen LogP contribution in [0.25, 0.3) is 0 Å². The Balaban J connectivity index is 1.89. The summed E-state index contributed by atoms with van der Waals surface area (Å²) in [4.78, 5) is 26.5. The maximum Gasteiger partial charge on any atom is 0.341 e. The molecular weight excluding hydrogens is 258 g/mol. The molecule has 0 spiro atoms. The third kappa shape index (κ3) is 3.61. The molecule has 0 aliphatic heterocycles. The van der Waals surface area contributed by atoms with E-state index in [9.17, 15) is 9.59 Å². The fourth-order valence-electron chi connectivity index (χ4n) is 1.69. The number of aromatic carboxylic acids is 1. The summed E-state index contributed by atoms with van der Waals surface area (Å²) in [6, 6.07) is 6.56. The summed E-state index contributed by atoms with van der Waals surface area (Å²) in [5.74, 6) is -1.17. The van der Waals surface area contributed by atoms with Crippen molar-refractivity contribution in [3.63, 3.8) is 0 Å². The number of hydrogen-bond donors (Lipinski definition) is 2. The number of nitrogens with one attached hydrogen (secondary N) is 1. The minimum atomic E-state index is -0.973. The summed E-state index contributed by atoms with van der Waals surface area (Å²) >= 11 is 0. The summed E-state index contributed by atoms with van der Waals surface area (Å²) in [5.41, 5.74) is 0.711. The van der Waals surface area contributed by atoms with Crippen molar-refractivity contribution in [3.05, 3.63) is 60.2 Å². The lowest BCUT2D eigenvalue weighted by atomic mass is 10.2. The predicted molar refractivity (Wildman–Crippen MR) is 70.2 cm³/mol. The van der Waals surface area contributed by atoms with Gasteiger partial charge in [0.05, 0.1) is 12.1 Å². The van der Waals surface area contributed by atoms with Crippen molar-refractivity contribution < 1.29 is 19.3 Å². The van der Waals surface area contributed by atoms with Gasteiger partial charge in [0.15, 0.2) is 18.9 Å². The normalized spacial score (nSPS) is 10.0. The maximum atomic E-state index is 11.8. The smallest absolute Gasteiger partial charge is 0.341 e. The highest BCUT2D eigenvalue weighted by Gasteiger charge is 2.09. The van der Waals surface area contributed by atoms with Gasteiger partial charge >= 0.3 is 5.97 Å². The van der Waals surface area contributed by atoms with Crippen LogP contribution in [-0.4, -0.2) is 28.5 Å². The van der Waals surface area contributed by atoms with E-state index in [-0.39, 0.29) is 11.5 Å². The van der Waals surface area contributed by atoms with Gasteiger partial charge in [-0.1, -0.05) is 0 Å². The lowest BCUT2D eigenvalue weighted by molar-refractivity contribution is -0.695. The van der Waals surface area contributed by atoms with Crippen molar-refractivity contribution in [2.75, 3.05) is 6.54 Å². The first-order valence-electron chi connectivity index (χ1n) is 6.07. The average molecular weight is 272 g/mol. The molecule has 0 saturated heterocycles. The first-order valence-corrected chi connectivity index (χ1v) is 6.07. The van der Waals surface area contributed by atoms with E-state index in [4.69, 9.17) is 5.11 Å². The Bertz CT molecular complexity index is 614. The number of carboxylic acids is 1. The molecule has 6 heteroatoms. The highest BCUT2D eigenvalue weighted by molar-refractivity contribution is 5.93. The SMILES string of the molecule is O=C(O)c1ccc[n+](CCNC(=O)c2cccnc2)c1. The Hall–Kier alpha value is -2.76. The minimum Gasteiger partial charge on any atom is -0.477 e. The van der Waals surface area contributed by atoms with Gasteiger partial charge in [-0.15, -0.1) is 0 Å². The molecule has 2 N–H and O–H groups in total. The van der Waals surface area contributed by atoms with Crippen LogP contribution in [0.1, 0.15) is 20.7 Å². The zero-order valence-electron chi connectivity index (χ0n) is 10.7. The van der Waals surface area contributed by atoms with Gasteiger partial charge in [-0.25, -0.2) is 9.36 Å². The number of amides is 1. The van der Waals surface area contributed by atoms with Crippen LogP contribution >= 0.6 is 0 Å². The number of nitrogens with zero attached hydrogens (tertiary/aromatic N) is 2. The highest BCUT2D eigenvalue weighted by atomic mass is 16.4. The summed E-state index contributed by atoms with van der Waals surface area (Å²) in [6.45, 7) is 0.897. The van der Waals surface area contributed by atoms with Gasteiger partial charge in [0, 0.05) is 18.5 Å². The van der Waals surface area contributed by atoms with Crippen molar-refractivity contribution in [2.45, 2.75) is 6.54 Å². The van der Waals surface area contributed by atoms with Crippen molar-refractivity contribution in [2.24, 2.45) is 0 Å². The molecule has 2 heterocycles. The second-order valence-electron chi connectivity index (χ2n) is 4.13. The standard InChI is InChI=1S/C14H13N3O3/c18-13(11-3-1-5-15-9-11)16-6-8-17-7-2-4-12(10-17)14(19)20/h1-5,7,9-10H,6,8H2,(H-,16,18,19,20)/p+1. The number of rotatable bonds is 5. The van der Waals surface area contributed by atoms with E-state index >= 15 is 0 Å². The molecule has 0 aliphatic rings. The summed E-state index contributed by atoms with van der Waals surface area (Å²) in [6.07, 6.45) is 6.37. The lowest BCUT2D eigenvalue weighted by Gasteiger charge is -2.03. The third-order valence-electron chi connectivity index (χ3n) is 2.68. The number of carbonyl (C=O) groups excluding carboxylic acids is 1. The molecule has 0 aliphatic carbocycles. The largest absolute Gasteiger partial charge is 0.477 e. The van der Waals surface area contributed by atoms with E-state index in [0.29, 0.717) is 18.7 Å². The number of aromatic nitrogens is 2. The molecule has 2 rings (SSSR count). The Morgan fingerprint density at radius 2 is 2.05 bits per heavy atom. The summed E-state index contributed by atoms with van der Waals surface area (Å²) < 4.78 is 1.72. The van der Waals surface area contributed by atoms with E-state index in [2.05, 4.69) is 10.3 Å². The predicted octanol–water partition coefficient (Wildman–Crippen LogP) is 0.497. The van der Waals surface area contributed by atoms with Crippen molar-refractivity contribution in [1.29, 1.82) is 0 Å². The monoisotopic (exact) mass is 272 g/mol. The van der Waals surface area contributed by atoms with Crippen molar-refractivity contribution in [1.82, 2.24) is 10.3 Å². The van der Waals surface area contributed by atoms with Crippen molar-refractivity contribution in [3.8, 4) is 0 Å². The highest BCUT2D eigenvalue weighted by Crippen LogP contribution is 1.95. The lowest BCUT2D eigenvalue weighted by Crippen LogP contribution is -2.40. The molecule has 20 heavy (non-hydrogen) atoms. The third-order valence-corrected chi connectivity index (χ3v) is 2.68. The molecule has 0 saturated carbocycles. The molecule has 1 amide bonds. The quantitative estimate of drug-likeness (QED) is 0.776. The zero-order valence-corrected chi connectivity index (χ0v) is 10.7. The zero-order chi connectivity index (χ0) is 14.4. The van der Waals surface area contributed by atoms with Gasteiger partial charge < -0.3 is 10.4 Å². The fraction of sp³-hybridized carbons (Fsp3) is 0.143. The van der Waals surface area contributed by atoms with Gasteiger partial charge in [-0.05, 0) is 18.2 Å². The van der Waals surface area contributed by atoms with E-state index < -0.39 is 5.97 Å². The van der Waals surface area contributed by atoms with Gasteiger partial charge in [-0.3, -0.25) is 9.78 Å². The molecule has 0 fully saturated rings.